The highest BCUT2D eigenvalue weighted by Gasteiger charge is 2.24. The van der Waals surface area contributed by atoms with Gasteiger partial charge in [0.05, 0.1) is 13.1 Å². The fraction of sp³-hybridized carbons (Fsp3) is 0.714. The highest BCUT2D eigenvalue weighted by atomic mass is 16.1. The number of fused-ring (bicyclic) bond motifs is 1. The van der Waals surface area contributed by atoms with Gasteiger partial charge in [0.25, 0.3) is 0 Å². The Morgan fingerprint density at radius 2 is 2.11 bits per heavy atom. The predicted octanol–water partition coefficient (Wildman–Crippen LogP) is 1.85. The lowest BCUT2D eigenvalue weighted by atomic mass is 9.86. The van der Waals surface area contributed by atoms with Crippen LogP contribution >= 0.6 is 0 Å². The number of rotatable bonds is 3. The zero-order valence-corrected chi connectivity index (χ0v) is 10.8. The highest BCUT2D eigenvalue weighted by molar-refractivity contribution is 5.83. The molecule has 1 fully saturated rings. The molecule has 1 saturated carbocycles. The van der Waals surface area contributed by atoms with E-state index in [1.807, 2.05) is 12.4 Å². The summed E-state index contributed by atoms with van der Waals surface area (Å²) in [5, 5.41) is 0. The summed E-state index contributed by atoms with van der Waals surface area (Å²) in [5.41, 5.74) is 0. The number of hydrogen-bond donors (Lipinski definition) is 0. The number of aromatic nitrogens is 2. The van der Waals surface area contributed by atoms with Crippen molar-refractivity contribution in [3.8, 4) is 0 Å². The van der Waals surface area contributed by atoms with Gasteiger partial charge in [0, 0.05) is 31.4 Å². The van der Waals surface area contributed by atoms with Crippen molar-refractivity contribution in [2.75, 3.05) is 13.1 Å². The molecule has 0 amide bonds. The van der Waals surface area contributed by atoms with Gasteiger partial charge in [-0.25, -0.2) is 4.98 Å². The lowest BCUT2D eigenvalue weighted by Gasteiger charge is -2.29. The van der Waals surface area contributed by atoms with Gasteiger partial charge in [-0.2, -0.15) is 0 Å². The van der Waals surface area contributed by atoms with Crippen LogP contribution in [0.25, 0.3) is 0 Å². The first-order valence-corrected chi connectivity index (χ1v) is 7.08. The van der Waals surface area contributed by atoms with Crippen LogP contribution in [0, 0.1) is 5.92 Å². The second-order valence-electron chi connectivity index (χ2n) is 5.55. The van der Waals surface area contributed by atoms with E-state index in [1.54, 1.807) is 0 Å². The van der Waals surface area contributed by atoms with Crippen molar-refractivity contribution in [3.63, 3.8) is 0 Å². The van der Waals surface area contributed by atoms with Gasteiger partial charge in [-0.05, 0) is 12.8 Å². The molecule has 4 nitrogen and oxygen atoms in total. The van der Waals surface area contributed by atoms with E-state index in [2.05, 4.69) is 14.5 Å². The molecular weight excluding hydrogens is 226 g/mol. The fourth-order valence-electron chi connectivity index (χ4n) is 3.13. The van der Waals surface area contributed by atoms with Crippen molar-refractivity contribution < 1.29 is 4.79 Å². The standard InChI is InChI=1S/C14H21N3O/c18-13(12-4-2-1-3-5-12)10-16-8-9-17-7-6-15-14(17)11-16/h6-7,12H,1-5,8-11H2. The van der Waals surface area contributed by atoms with E-state index >= 15 is 0 Å². The molecule has 0 bridgehead atoms. The molecule has 4 heteroatoms. The summed E-state index contributed by atoms with van der Waals surface area (Å²) in [4.78, 5) is 18.8. The van der Waals surface area contributed by atoms with Crippen LogP contribution in [0.5, 0.6) is 0 Å². The zero-order chi connectivity index (χ0) is 12.4. The largest absolute Gasteiger partial charge is 0.333 e. The van der Waals surface area contributed by atoms with Crippen LogP contribution in [0.1, 0.15) is 37.9 Å². The molecule has 18 heavy (non-hydrogen) atoms. The van der Waals surface area contributed by atoms with Crippen LogP contribution in [0.3, 0.4) is 0 Å². The predicted molar refractivity (Wildman–Crippen MR) is 69.1 cm³/mol. The van der Waals surface area contributed by atoms with Gasteiger partial charge in [0.1, 0.15) is 11.6 Å². The Bertz CT molecular complexity index is 420. The van der Waals surface area contributed by atoms with E-state index in [0.29, 0.717) is 18.2 Å². The van der Waals surface area contributed by atoms with E-state index < -0.39 is 0 Å². The quantitative estimate of drug-likeness (QED) is 0.818. The molecule has 0 N–H and O–H groups in total. The van der Waals surface area contributed by atoms with Crippen molar-refractivity contribution in [2.45, 2.75) is 45.2 Å². The number of imidazole rings is 1. The maximum Gasteiger partial charge on any atom is 0.149 e. The van der Waals surface area contributed by atoms with Crippen LogP contribution in [-0.4, -0.2) is 33.3 Å². The minimum atomic E-state index is 0.334. The Morgan fingerprint density at radius 1 is 1.28 bits per heavy atom. The molecule has 0 unspecified atom stereocenters. The van der Waals surface area contributed by atoms with E-state index in [0.717, 1.165) is 38.3 Å². The van der Waals surface area contributed by atoms with Gasteiger partial charge in [-0.15, -0.1) is 0 Å². The van der Waals surface area contributed by atoms with Crippen LogP contribution < -0.4 is 0 Å². The molecule has 98 valence electrons. The molecule has 3 rings (SSSR count). The molecule has 1 aliphatic heterocycles. The number of hydrogen-bond acceptors (Lipinski definition) is 3. The molecule has 0 radical (unpaired) electrons. The van der Waals surface area contributed by atoms with E-state index in [-0.39, 0.29) is 0 Å². The van der Waals surface area contributed by atoms with Crippen molar-refractivity contribution in [1.82, 2.24) is 14.5 Å². The first-order chi connectivity index (χ1) is 8.83. The van der Waals surface area contributed by atoms with Crippen molar-refractivity contribution in [3.05, 3.63) is 18.2 Å². The molecule has 1 aromatic heterocycles. The van der Waals surface area contributed by atoms with Gasteiger partial charge in [-0.1, -0.05) is 19.3 Å². The van der Waals surface area contributed by atoms with Crippen LogP contribution in [-0.2, 0) is 17.9 Å². The molecule has 0 aromatic carbocycles. The lowest BCUT2D eigenvalue weighted by molar-refractivity contribution is -0.125. The normalized spacial score (nSPS) is 21.8. The average molecular weight is 247 g/mol. The molecule has 0 atom stereocenters. The van der Waals surface area contributed by atoms with E-state index in [9.17, 15) is 4.79 Å². The SMILES string of the molecule is O=C(CN1CCn2ccnc2C1)C1CCCCC1. The van der Waals surface area contributed by atoms with Gasteiger partial charge in [0.2, 0.25) is 0 Å². The zero-order valence-electron chi connectivity index (χ0n) is 10.8. The summed E-state index contributed by atoms with van der Waals surface area (Å²) in [6.07, 6.45) is 9.88. The third-order valence-electron chi connectivity index (χ3n) is 4.26. The maximum absolute atomic E-state index is 12.2. The minimum Gasteiger partial charge on any atom is -0.333 e. The fourth-order valence-corrected chi connectivity index (χ4v) is 3.13. The summed E-state index contributed by atoms with van der Waals surface area (Å²) in [6.45, 7) is 3.39. The third-order valence-corrected chi connectivity index (χ3v) is 4.26. The number of Topliss-reactive ketones (excluding diaryl/α,β-unsaturated/α-hetero) is 1. The van der Waals surface area contributed by atoms with Crippen LogP contribution in [0.15, 0.2) is 12.4 Å². The summed E-state index contributed by atoms with van der Waals surface area (Å²) in [5.74, 6) is 1.88. The van der Waals surface area contributed by atoms with Gasteiger partial charge < -0.3 is 4.57 Å². The third kappa shape index (κ3) is 2.48. The van der Waals surface area contributed by atoms with Crippen molar-refractivity contribution in [2.24, 2.45) is 5.92 Å². The molecule has 0 saturated heterocycles. The summed E-state index contributed by atoms with van der Waals surface area (Å²) in [6, 6.07) is 0. The van der Waals surface area contributed by atoms with Gasteiger partial charge >= 0.3 is 0 Å². The number of nitrogens with zero attached hydrogens (tertiary/aromatic N) is 3. The number of carbonyl (C=O) groups excluding carboxylic acids is 1. The van der Waals surface area contributed by atoms with Crippen molar-refractivity contribution >= 4 is 5.78 Å². The molecule has 2 heterocycles. The Hall–Kier alpha value is -1.16. The second-order valence-corrected chi connectivity index (χ2v) is 5.55. The van der Waals surface area contributed by atoms with E-state index in [1.165, 1.54) is 19.3 Å². The molecule has 1 aliphatic carbocycles. The number of ketones is 1. The second kappa shape index (κ2) is 5.22. The van der Waals surface area contributed by atoms with Crippen LogP contribution in [0.2, 0.25) is 0 Å². The summed E-state index contributed by atoms with van der Waals surface area (Å²) >= 11 is 0. The first-order valence-electron chi connectivity index (χ1n) is 7.08. The Labute approximate surface area is 108 Å². The summed E-state index contributed by atoms with van der Waals surface area (Å²) in [7, 11) is 0. The lowest BCUT2D eigenvalue weighted by Crippen LogP contribution is -2.39. The average Bonchev–Trinajstić information content (AvgIpc) is 2.87. The Balaban J connectivity index is 1.56. The van der Waals surface area contributed by atoms with Gasteiger partial charge in [-0.3, -0.25) is 9.69 Å². The smallest absolute Gasteiger partial charge is 0.149 e. The first kappa shape index (κ1) is 11.9. The minimum absolute atomic E-state index is 0.334. The maximum atomic E-state index is 12.2. The molecule has 0 spiro atoms. The Kier molecular flexibility index (Phi) is 3.46. The van der Waals surface area contributed by atoms with Gasteiger partial charge in [0.15, 0.2) is 0 Å². The number of carbonyl (C=O) groups is 1. The highest BCUT2D eigenvalue weighted by Crippen LogP contribution is 2.25. The topological polar surface area (TPSA) is 38.1 Å². The monoisotopic (exact) mass is 247 g/mol. The summed E-state index contributed by atoms with van der Waals surface area (Å²) < 4.78 is 2.18. The van der Waals surface area contributed by atoms with Crippen molar-refractivity contribution in [1.29, 1.82) is 0 Å². The molecule has 2 aliphatic rings. The van der Waals surface area contributed by atoms with E-state index in [4.69, 9.17) is 0 Å². The Morgan fingerprint density at radius 3 is 2.94 bits per heavy atom. The molecular formula is C14H21N3O. The molecule has 1 aromatic rings. The van der Waals surface area contributed by atoms with Crippen LogP contribution in [0.4, 0.5) is 0 Å².